The SMILES string of the molecule is C=CC(=O)N(CCNc1ncnc(N)c1C(=N)c1cn[nH]c1)c1ccccc1. The number of hydrogen-bond acceptors (Lipinski definition) is 7. The number of carbonyl (C=O) groups is 1. The molecule has 0 bridgehead atoms. The number of nitrogens with two attached hydrogens (primary N) is 1. The van der Waals surface area contributed by atoms with Crippen molar-refractivity contribution in [3.63, 3.8) is 0 Å². The number of benzene rings is 1. The summed E-state index contributed by atoms with van der Waals surface area (Å²) in [6.07, 6.45) is 5.72. The molecule has 0 saturated heterocycles. The zero-order valence-corrected chi connectivity index (χ0v) is 15.1. The highest BCUT2D eigenvalue weighted by Gasteiger charge is 2.18. The standard InChI is InChI=1S/C19H20N8O/c1-2-15(28)27(14-6-4-3-5-7-14)9-8-22-19-16(18(21)23-12-24-19)17(20)13-10-25-26-11-13/h2-7,10-12,20H,1,8-9H2,(H,25,26)(H3,21,22,23,24). The van der Waals surface area contributed by atoms with E-state index in [2.05, 4.69) is 32.1 Å². The van der Waals surface area contributed by atoms with Crippen LogP contribution in [-0.4, -0.2) is 44.9 Å². The van der Waals surface area contributed by atoms with Gasteiger partial charge in [-0.15, -0.1) is 0 Å². The Morgan fingerprint density at radius 1 is 1.32 bits per heavy atom. The minimum atomic E-state index is -0.207. The number of para-hydroxylation sites is 1. The number of rotatable bonds is 8. The molecule has 0 spiro atoms. The Morgan fingerprint density at radius 3 is 2.79 bits per heavy atom. The van der Waals surface area contributed by atoms with E-state index in [0.717, 1.165) is 5.69 Å². The minimum Gasteiger partial charge on any atom is -0.383 e. The third-order valence-electron chi connectivity index (χ3n) is 4.05. The van der Waals surface area contributed by atoms with Crippen LogP contribution in [0, 0.1) is 5.41 Å². The lowest BCUT2D eigenvalue weighted by molar-refractivity contribution is -0.114. The molecule has 0 radical (unpaired) electrons. The molecule has 0 aliphatic heterocycles. The summed E-state index contributed by atoms with van der Waals surface area (Å²) in [4.78, 5) is 22.0. The molecule has 5 N–H and O–H groups in total. The summed E-state index contributed by atoms with van der Waals surface area (Å²) in [7, 11) is 0. The van der Waals surface area contributed by atoms with Crippen LogP contribution in [0.15, 0.2) is 61.7 Å². The lowest BCUT2D eigenvalue weighted by atomic mass is 10.1. The molecule has 2 aromatic heterocycles. The van der Waals surface area contributed by atoms with Crippen LogP contribution < -0.4 is 16.0 Å². The Hall–Kier alpha value is -4.01. The normalized spacial score (nSPS) is 10.3. The molecule has 1 aromatic carbocycles. The number of nitrogens with zero attached hydrogens (tertiary/aromatic N) is 4. The number of aromatic amines is 1. The zero-order valence-electron chi connectivity index (χ0n) is 15.1. The van der Waals surface area contributed by atoms with Gasteiger partial charge in [0.05, 0.1) is 17.5 Å². The number of aromatic nitrogens is 4. The highest BCUT2D eigenvalue weighted by molar-refractivity contribution is 6.16. The van der Waals surface area contributed by atoms with Crippen molar-refractivity contribution in [2.75, 3.05) is 29.0 Å². The van der Waals surface area contributed by atoms with Gasteiger partial charge in [0.1, 0.15) is 18.0 Å². The first kappa shape index (κ1) is 18.8. The zero-order chi connectivity index (χ0) is 19.9. The van der Waals surface area contributed by atoms with Crippen molar-refractivity contribution < 1.29 is 4.79 Å². The predicted octanol–water partition coefficient (Wildman–Crippen LogP) is 1.83. The molecule has 28 heavy (non-hydrogen) atoms. The number of H-pyrrole nitrogens is 1. The van der Waals surface area contributed by atoms with Gasteiger partial charge in [-0.05, 0) is 18.2 Å². The van der Waals surface area contributed by atoms with Crippen molar-refractivity contribution in [2.45, 2.75) is 0 Å². The first-order valence-electron chi connectivity index (χ1n) is 8.53. The number of amides is 1. The van der Waals surface area contributed by atoms with E-state index in [1.54, 1.807) is 11.1 Å². The highest BCUT2D eigenvalue weighted by Crippen LogP contribution is 2.21. The fourth-order valence-corrected chi connectivity index (χ4v) is 2.68. The van der Waals surface area contributed by atoms with Gasteiger partial charge in [0.25, 0.3) is 0 Å². The van der Waals surface area contributed by atoms with Crippen molar-refractivity contribution in [3.8, 4) is 0 Å². The van der Waals surface area contributed by atoms with E-state index >= 15 is 0 Å². The van der Waals surface area contributed by atoms with Crippen LogP contribution >= 0.6 is 0 Å². The summed E-state index contributed by atoms with van der Waals surface area (Å²) in [6.45, 7) is 4.32. The molecule has 0 aliphatic rings. The minimum absolute atomic E-state index is 0.149. The number of nitrogen functional groups attached to an aromatic ring is 1. The average molecular weight is 376 g/mol. The Kier molecular flexibility index (Phi) is 5.75. The highest BCUT2D eigenvalue weighted by atomic mass is 16.2. The number of hydrogen-bond donors (Lipinski definition) is 4. The maximum absolute atomic E-state index is 12.2. The second-order valence-corrected chi connectivity index (χ2v) is 5.80. The molecule has 9 nitrogen and oxygen atoms in total. The van der Waals surface area contributed by atoms with E-state index in [9.17, 15) is 4.79 Å². The van der Waals surface area contributed by atoms with Gasteiger partial charge in [-0.3, -0.25) is 15.3 Å². The first-order chi connectivity index (χ1) is 13.6. The molecule has 0 atom stereocenters. The summed E-state index contributed by atoms with van der Waals surface area (Å²) >= 11 is 0. The van der Waals surface area contributed by atoms with Gasteiger partial charge in [-0.2, -0.15) is 5.10 Å². The van der Waals surface area contributed by atoms with Gasteiger partial charge in [0.2, 0.25) is 5.91 Å². The monoisotopic (exact) mass is 376 g/mol. The van der Waals surface area contributed by atoms with Crippen LogP contribution in [0.3, 0.4) is 0 Å². The second kappa shape index (κ2) is 8.58. The topological polar surface area (TPSA) is 137 Å². The molecule has 0 fully saturated rings. The van der Waals surface area contributed by atoms with Crippen LogP contribution in [-0.2, 0) is 4.79 Å². The summed E-state index contributed by atoms with van der Waals surface area (Å²) in [6, 6.07) is 9.31. The van der Waals surface area contributed by atoms with Crippen molar-refractivity contribution in [1.82, 2.24) is 20.2 Å². The average Bonchev–Trinajstić information content (AvgIpc) is 3.26. The Balaban J connectivity index is 1.77. The van der Waals surface area contributed by atoms with E-state index in [-0.39, 0.29) is 17.4 Å². The van der Waals surface area contributed by atoms with Crippen molar-refractivity contribution in [1.29, 1.82) is 5.41 Å². The van der Waals surface area contributed by atoms with E-state index in [4.69, 9.17) is 11.1 Å². The molecular weight excluding hydrogens is 356 g/mol. The van der Waals surface area contributed by atoms with Crippen molar-refractivity contribution >= 4 is 28.9 Å². The Bertz CT molecular complexity index is 969. The quantitative estimate of drug-likeness (QED) is 0.350. The molecule has 1 amide bonds. The van der Waals surface area contributed by atoms with Crippen LogP contribution in [0.4, 0.5) is 17.3 Å². The molecule has 0 aliphatic carbocycles. The van der Waals surface area contributed by atoms with Gasteiger partial charge in [0, 0.05) is 30.5 Å². The number of anilines is 3. The lowest BCUT2D eigenvalue weighted by Gasteiger charge is -2.22. The van der Waals surface area contributed by atoms with E-state index in [1.807, 2.05) is 30.3 Å². The number of carbonyl (C=O) groups excluding carboxylic acids is 1. The summed E-state index contributed by atoms with van der Waals surface area (Å²) < 4.78 is 0. The summed E-state index contributed by atoms with van der Waals surface area (Å²) in [5.41, 5.74) is 7.84. The van der Waals surface area contributed by atoms with Crippen LogP contribution in [0.25, 0.3) is 0 Å². The largest absolute Gasteiger partial charge is 0.383 e. The smallest absolute Gasteiger partial charge is 0.250 e. The summed E-state index contributed by atoms with van der Waals surface area (Å²) in [5.74, 6) is 0.394. The molecule has 3 rings (SSSR count). The molecule has 142 valence electrons. The summed E-state index contributed by atoms with van der Waals surface area (Å²) in [5, 5.41) is 18.1. The fraction of sp³-hybridized carbons (Fsp3) is 0.105. The van der Waals surface area contributed by atoms with Gasteiger partial charge in [-0.25, -0.2) is 9.97 Å². The maximum atomic E-state index is 12.2. The Morgan fingerprint density at radius 2 is 2.11 bits per heavy atom. The molecule has 0 saturated carbocycles. The fourth-order valence-electron chi connectivity index (χ4n) is 2.68. The third kappa shape index (κ3) is 4.04. The van der Waals surface area contributed by atoms with Crippen molar-refractivity contribution in [3.05, 3.63) is 72.8 Å². The molecule has 2 heterocycles. The van der Waals surface area contributed by atoms with Crippen molar-refractivity contribution in [2.24, 2.45) is 0 Å². The van der Waals surface area contributed by atoms with Gasteiger partial charge in [0.15, 0.2) is 0 Å². The molecule has 9 heteroatoms. The van der Waals surface area contributed by atoms with Crippen LogP contribution in [0.2, 0.25) is 0 Å². The second-order valence-electron chi connectivity index (χ2n) is 5.80. The molecular formula is C19H20N8O. The van der Waals surface area contributed by atoms with E-state index < -0.39 is 0 Å². The van der Waals surface area contributed by atoms with E-state index in [1.165, 1.54) is 18.6 Å². The maximum Gasteiger partial charge on any atom is 0.250 e. The molecule has 3 aromatic rings. The Labute approximate surface area is 161 Å². The van der Waals surface area contributed by atoms with Gasteiger partial charge in [-0.1, -0.05) is 24.8 Å². The number of nitrogens with one attached hydrogen (secondary N) is 3. The van der Waals surface area contributed by atoms with Gasteiger partial charge >= 0.3 is 0 Å². The van der Waals surface area contributed by atoms with E-state index in [0.29, 0.717) is 30.0 Å². The van der Waals surface area contributed by atoms with Crippen LogP contribution in [0.1, 0.15) is 11.1 Å². The first-order valence-corrected chi connectivity index (χ1v) is 8.53. The van der Waals surface area contributed by atoms with Crippen LogP contribution in [0.5, 0.6) is 0 Å². The van der Waals surface area contributed by atoms with Gasteiger partial charge < -0.3 is 16.0 Å². The lowest BCUT2D eigenvalue weighted by Crippen LogP contribution is -2.34. The molecule has 0 unspecified atom stereocenters. The third-order valence-corrected chi connectivity index (χ3v) is 4.05. The predicted molar refractivity (Wildman–Crippen MR) is 108 cm³/mol.